The van der Waals surface area contributed by atoms with Crippen molar-refractivity contribution in [2.45, 2.75) is 27.2 Å². The van der Waals surface area contributed by atoms with Gasteiger partial charge in [-0.15, -0.1) is 0 Å². The van der Waals surface area contributed by atoms with Gasteiger partial charge in [0.15, 0.2) is 0 Å². The monoisotopic (exact) mass is 331 g/mol. The third-order valence-electron chi connectivity index (χ3n) is 4.18. The number of nitrogens with zero attached hydrogens (tertiary/aromatic N) is 2. The molecule has 1 aromatic heterocycles. The van der Waals surface area contributed by atoms with Crippen LogP contribution < -0.4 is 5.32 Å². The van der Waals surface area contributed by atoms with Gasteiger partial charge >= 0.3 is 5.97 Å². The quantitative estimate of drug-likeness (QED) is 0.809. The molecular formula is C18H25N3O3. The Morgan fingerprint density at radius 2 is 2.04 bits per heavy atom. The number of hydrogen-bond donors (Lipinski definition) is 2. The molecule has 2 N–H and O–H groups in total. The van der Waals surface area contributed by atoms with E-state index in [4.69, 9.17) is 0 Å². The number of nitrogens with one attached hydrogen (secondary N) is 1. The molecule has 0 unspecified atom stereocenters. The Bertz CT molecular complexity index is 621. The van der Waals surface area contributed by atoms with Crippen molar-refractivity contribution >= 4 is 17.6 Å². The first-order valence-electron chi connectivity index (χ1n) is 8.17. The fourth-order valence-corrected chi connectivity index (χ4v) is 2.81. The van der Waals surface area contributed by atoms with Crippen molar-refractivity contribution in [1.82, 2.24) is 9.88 Å². The second-order valence-corrected chi connectivity index (χ2v) is 6.65. The van der Waals surface area contributed by atoms with Crippen LogP contribution in [-0.2, 0) is 9.59 Å². The van der Waals surface area contributed by atoms with E-state index in [0.717, 1.165) is 5.69 Å². The third kappa shape index (κ3) is 5.16. The average Bonchev–Trinajstić information content (AvgIpc) is 2.54. The first-order valence-corrected chi connectivity index (χ1v) is 8.17. The van der Waals surface area contributed by atoms with Gasteiger partial charge in [-0.2, -0.15) is 0 Å². The van der Waals surface area contributed by atoms with Crippen LogP contribution in [0.5, 0.6) is 0 Å². The number of likely N-dealkylation sites (tertiary alicyclic amines) is 1. The van der Waals surface area contributed by atoms with Gasteiger partial charge in [-0.25, -0.2) is 0 Å². The van der Waals surface area contributed by atoms with Gasteiger partial charge in [0.25, 0.3) is 0 Å². The summed E-state index contributed by atoms with van der Waals surface area (Å²) in [4.78, 5) is 30.1. The second-order valence-electron chi connectivity index (χ2n) is 6.65. The van der Waals surface area contributed by atoms with Crippen molar-refractivity contribution in [1.29, 1.82) is 0 Å². The molecule has 1 saturated heterocycles. The molecule has 2 atom stereocenters. The van der Waals surface area contributed by atoms with Crippen LogP contribution in [0.25, 0.3) is 0 Å². The molecule has 2 heterocycles. The van der Waals surface area contributed by atoms with Crippen LogP contribution in [0.4, 0.5) is 5.69 Å². The molecule has 0 aliphatic carbocycles. The summed E-state index contributed by atoms with van der Waals surface area (Å²) < 4.78 is 0. The van der Waals surface area contributed by atoms with E-state index in [0.29, 0.717) is 31.7 Å². The van der Waals surface area contributed by atoms with E-state index < -0.39 is 11.9 Å². The molecule has 6 heteroatoms. The molecular weight excluding hydrogens is 306 g/mol. The third-order valence-corrected chi connectivity index (χ3v) is 4.18. The SMILES string of the molecule is CC(C)=CCN1C[C@@H](C(=O)O)C[C@H](C(=O)Nc2ccc(C)nc2)C1. The predicted octanol–water partition coefficient (Wildman–Crippen LogP) is 2.32. The van der Waals surface area contributed by atoms with E-state index in [1.165, 1.54) is 5.57 Å². The lowest BCUT2D eigenvalue weighted by Gasteiger charge is -2.34. The number of carboxylic acid groups (broad SMARTS) is 1. The van der Waals surface area contributed by atoms with E-state index in [1.54, 1.807) is 12.3 Å². The Morgan fingerprint density at radius 3 is 2.62 bits per heavy atom. The largest absolute Gasteiger partial charge is 0.481 e. The van der Waals surface area contributed by atoms with Crippen molar-refractivity contribution in [3.63, 3.8) is 0 Å². The minimum absolute atomic E-state index is 0.145. The molecule has 0 aromatic carbocycles. The Balaban J connectivity index is 2.05. The summed E-state index contributed by atoms with van der Waals surface area (Å²) in [7, 11) is 0. The Hall–Kier alpha value is -2.21. The molecule has 6 nitrogen and oxygen atoms in total. The minimum Gasteiger partial charge on any atom is -0.481 e. The van der Waals surface area contributed by atoms with Gasteiger partial charge in [0.05, 0.1) is 23.7 Å². The van der Waals surface area contributed by atoms with Crippen molar-refractivity contribution in [3.8, 4) is 0 Å². The maximum atomic E-state index is 12.5. The highest BCUT2D eigenvalue weighted by atomic mass is 16.4. The molecule has 0 saturated carbocycles. The number of carboxylic acids is 1. The molecule has 1 fully saturated rings. The molecule has 1 amide bonds. The zero-order valence-electron chi connectivity index (χ0n) is 14.5. The number of pyridine rings is 1. The predicted molar refractivity (Wildman–Crippen MR) is 92.7 cm³/mol. The van der Waals surface area contributed by atoms with Crippen LogP contribution in [0, 0.1) is 18.8 Å². The lowest BCUT2D eigenvalue weighted by Crippen LogP contribution is -2.46. The van der Waals surface area contributed by atoms with Crippen LogP contribution >= 0.6 is 0 Å². The zero-order valence-corrected chi connectivity index (χ0v) is 14.5. The maximum absolute atomic E-state index is 12.5. The van der Waals surface area contributed by atoms with Crippen LogP contribution in [0.2, 0.25) is 0 Å². The molecule has 1 aromatic rings. The van der Waals surface area contributed by atoms with E-state index in [1.807, 2.05) is 31.7 Å². The Kier molecular flexibility index (Phi) is 6.09. The molecule has 1 aliphatic heterocycles. The summed E-state index contributed by atoms with van der Waals surface area (Å²) in [5.74, 6) is -1.84. The van der Waals surface area contributed by atoms with Crippen molar-refractivity contribution in [3.05, 3.63) is 35.7 Å². The molecule has 130 valence electrons. The highest BCUT2D eigenvalue weighted by Crippen LogP contribution is 2.24. The lowest BCUT2D eigenvalue weighted by molar-refractivity contribution is -0.145. The lowest BCUT2D eigenvalue weighted by atomic mass is 9.88. The fraction of sp³-hybridized carbons (Fsp3) is 0.500. The summed E-state index contributed by atoms with van der Waals surface area (Å²) in [5.41, 5.74) is 2.70. The standard InChI is InChI=1S/C18H25N3O3/c1-12(2)6-7-21-10-14(8-15(11-21)18(23)24)17(22)20-16-5-4-13(3)19-9-16/h4-6,9,14-15H,7-8,10-11H2,1-3H3,(H,20,22)(H,23,24)/t14-,15-/m0/s1. The highest BCUT2D eigenvalue weighted by molar-refractivity contribution is 5.93. The van der Waals surface area contributed by atoms with Crippen molar-refractivity contribution in [2.24, 2.45) is 11.8 Å². The van der Waals surface area contributed by atoms with Gasteiger partial charge in [0.1, 0.15) is 0 Å². The molecule has 0 radical (unpaired) electrons. The molecule has 0 spiro atoms. The molecule has 0 bridgehead atoms. The van der Waals surface area contributed by atoms with Gasteiger partial charge in [0, 0.05) is 25.3 Å². The molecule has 2 rings (SSSR count). The normalized spacial score (nSPS) is 21.1. The number of aliphatic carboxylic acids is 1. The van der Waals surface area contributed by atoms with Crippen LogP contribution in [-0.4, -0.2) is 46.5 Å². The number of rotatable bonds is 5. The fourth-order valence-electron chi connectivity index (χ4n) is 2.81. The summed E-state index contributed by atoms with van der Waals surface area (Å²) in [6.45, 7) is 7.61. The van der Waals surface area contributed by atoms with Gasteiger partial charge in [-0.05, 0) is 39.3 Å². The number of amides is 1. The number of anilines is 1. The van der Waals surface area contributed by atoms with Gasteiger partial charge in [-0.1, -0.05) is 11.6 Å². The highest BCUT2D eigenvalue weighted by Gasteiger charge is 2.34. The zero-order chi connectivity index (χ0) is 17.7. The summed E-state index contributed by atoms with van der Waals surface area (Å²) >= 11 is 0. The first kappa shape index (κ1) is 18.1. The number of piperidine rings is 1. The van der Waals surface area contributed by atoms with Crippen LogP contribution in [0.1, 0.15) is 26.0 Å². The van der Waals surface area contributed by atoms with E-state index in [9.17, 15) is 14.7 Å². The van der Waals surface area contributed by atoms with Gasteiger partial charge < -0.3 is 10.4 Å². The van der Waals surface area contributed by atoms with Crippen molar-refractivity contribution < 1.29 is 14.7 Å². The molecule has 1 aliphatic rings. The molecule has 24 heavy (non-hydrogen) atoms. The number of carbonyl (C=O) groups is 2. The second kappa shape index (κ2) is 8.06. The number of carbonyl (C=O) groups excluding carboxylic acids is 1. The van der Waals surface area contributed by atoms with Crippen LogP contribution in [0.15, 0.2) is 30.0 Å². The Labute approximate surface area is 142 Å². The van der Waals surface area contributed by atoms with E-state index >= 15 is 0 Å². The Morgan fingerprint density at radius 1 is 1.33 bits per heavy atom. The number of aryl methyl sites for hydroxylation is 1. The van der Waals surface area contributed by atoms with Gasteiger partial charge in [-0.3, -0.25) is 19.5 Å². The van der Waals surface area contributed by atoms with Crippen LogP contribution in [0.3, 0.4) is 0 Å². The van der Waals surface area contributed by atoms with Crippen molar-refractivity contribution in [2.75, 3.05) is 25.0 Å². The first-order chi connectivity index (χ1) is 11.3. The smallest absolute Gasteiger partial charge is 0.307 e. The van der Waals surface area contributed by atoms with E-state index in [2.05, 4.69) is 16.4 Å². The maximum Gasteiger partial charge on any atom is 0.307 e. The number of allylic oxidation sites excluding steroid dienone is 1. The summed E-state index contributed by atoms with van der Waals surface area (Å²) in [5, 5.41) is 12.2. The minimum atomic E-state index is -0.841. The average molecular weight is 331 g/mol. The summed E-state index contributed by atoms with van der Waals surface area (Å²) in [6.07, 6.45) is 4.04. The number of aromatic nitrogens is 1. The topological polar surface area (TPSA) is 82.5 Å². The van der Waals surface area contributed by atoms with Gasteiger partial charge in [0.2, 0.25) is 5.91 Å². The van der Waals surface area contributed by atoms with E-state index in [-0.39, 0.29) is 11.8 Å². The number of hydrogen-bond acceptors (Lipinski definition) is 4. The summed E-state index contributed by atoms with van der Waals surface area (Å²) in [6, 6.07) is 3.64.